The molecule has 1 N–H and O–H groups in total. The van der Waals surface area contributed by atoms with Crippen molar-refractivity contribution in [3.63, 3.8) is 0 Å². The number of amides is 1. The Balaban J connectivity index is 2.59. The zero-order chi connectivity index (χ0) is 12.1. The van der Waals surface area contributed by atoms with Crippen molar-refractivity contribution in [2.24, 2.45) is 0 Å². The molecule has 1 aromatic rings. The molecule has 0 fully saturated rings. The normalized spacial score (nSPS) is 12.2. The number of hydrogen-bond acceptors (Lipinski definition) is 1. The fourth-order valence-electron chi connectivity index (χ4n) is 1.17. The molecule has 1 unspecified atom stereocenters. The van der Waals surface area contributed by atoms with Gasteiger partial charge >= 0.3 is 0 Å². The number of carbonyl (C=O) groups excluding carboxylic acids is 1. The molecule has 16 heavy (non-hydrogen) atoms. The Hall–Kier alpha value is -0.420. The minimum Gasteiger partial charge on any atom is -0.352 e. The van der Waals surface area contributed by atoms with E-state index in [0.717, 1.165) is 6.42 Å². The molecule has 0 spiro atoms. The third kappa shape index (κ3) is 4.61. The van der Waals surface area contributed by atoms with Crippen LogP contribution in [0.25, 0.3) is 0 Å². The summed E-state index contributed by atoms with van der Waals surface area (Å²) < 4.78 is 13.6. The fourth-order valence-corrected chi connectivity index (χ4v) is 1.87. The number of hydrogen-bond donors (Lipinski definition) is 1. The highest BCUT2D eigenvalue weighted by Crippen LogP contribution is 2.14. The lowest BCUT2D eigenvalue weighted by atomic mass is 10.2. The monoisotopic (exact) mass is 351 g/mol. The number of carbonyl (C=O) groups is 1. The van der Waals surface area contributed by atoms with Crippen molar-refractivity contribution in [3.05, 3.63) is 34.1 Å². The molecule has 0 aliphatic rings. The lowest BCUT2D eigenvalue weighted by molar-refractivity contribution is 0.0953. The zero-order valence-electron chi connectivity index (χ0n) is 8.77. The highest BCUT2D eigenvalue weighted by Gasteiger charge is 2.08. The van der Waals surface area contributed by atoms with Gasteiger partial charge in [-0.05, 0) is 24.6 Å². The molecule has 1 aromatic carbocycles. The molecular weight excluding hydrogens is 341 g/mol. The SMILES string of the molecule is CC(Br)CCNC(=O)c1cc(F)cc(Br)c1. The number of alkyl halides is 1. The summed E-state index contributed by atoms with van der Waals surface area (Å²) in [6.07, 6.45) is 0.836. The second-order valence-corrected chi connectivity index (χ2v) is 5.96. The summed E-state index contributed by atoms with van der Waals surface area (Å²) in [5.74, 6) is -0.679. The summed E-state index contributed by atoms with van der Waals surface area (Å²) in [5.41, 5.74) is 0.328. The van der Waals surface area contributed by atoms with Crippen LogP contribution in [0.3, 0.4) is 0 Å². The van der Waals surface area contributed by atoms with Crippen molar-refractivity contribution in [2.75, 3.05) is 6.54 Å². The van der Waals surface area contributed by atoms with Gasteiger partial charge in [0.1, 0.15) is 5.82 Å². The molecule has 2 nitrogen and oxygen atoms in total. The van der Waals surface area contributed by atoms with Gasteiger partial charge in [-0.25, -0.2) is 4.39 Å². The molecule has 0 aromatic heterocycles. The van der Waals surface area contributed by atoms with Crippen molar-refractivity contribution in [3.8, 4) is 0 Å². The van der Waals surface area contributed by atoms with Crippen molar-refractivity contribution in [2.45, 2.75) is 18.2 Å². The average molecular weight is 353 g/mol. The molecule has 0 saturated heterocycles. The van der Waals surface area contributed by atoms with Crippen molar-refractivity contribution in [1.29, 1.82) is 0 Å². The van der Waals surface area contributed by atoms with Gasteiger partial charge in [-0.1, -0.05) is 38.8 Å². The molecule has 0 bridgehead atoms. The van der Waals surface area contributed by atoms with E-state index in [4.69, 9.17) is 0 Å². The van der Waals surface area contributed by atoms with E-state index >= 15 is 0 Å². The van der Waals surface area contributed by atoms with Gasteiger partial charge in [-0.3, -0.25) is 4.79 Å². The maximum absolute atomic E-state index is 13.0. The highest BCUT2D eigenvalue weighted by molar-refractivity contribution is 9.10. The molecule has 0 heterocycles. The molecule has 0 aliphatic heterocycles. The topological polar surface area (TPSA) is 29.1 Å². The summed E-state index contributed by atoms with van der Waals surface area (Å²) >= 11 is 6.53. The van der Waals surface area contributed by atoms with E-state index in [0.29, 0.717) is 21.4 Å². The third-order valence-electron chi connectivity index (χ3n) is 1.95. The smallest absolute Gasteiger partial charge is 0.251 e. The Morgan fingerprint density at radius 2 is 2.19 bits per heavy atom. The van der Waals surface area contributed by atoms with Crippen LogP contribution in [0.1, 0.15) is 23.7 Å². The first-order valence-corrected chi connectivity index (χ1v) is 6.58. The van der Waals surface area contributed by atoms with Crippen LogP contribution in [0.4, 0.5) is 4.39 Å². The van der Waals surface area contributed by atoms with E-state index < -0.39 is 5.82 Å². The van der Waals surface area contributed by atoms with E-state index in [1.54, 1.807) is 6.07 Å². The molecule has 1 amide bonds. The van der Waals surface area contributed by atoms with Crippen LogP contribution < -0.4 is 5.32 Å². The standard InChI is InChI=1S/C11H12Br2FNO/c1-7(12)2-3-15-11(16)8-4-9(13)6-10(14)5-8/h4-7H,2-3H2,1H3,(H,15,16). The molecule has 0 saturated carbocycles. The van der Waals surface area contributed by atoms with Gasteiger partial charge in [0.2, 0.25) is 0 Å². The van der Waals surface area contributed by atoms with Crippen LogP contribution in [0, 0.1) is 5.82 Å². The Labute approximate surface area is 111 Å². The van der Waals surface area contributed by atoms with E-state index in [9.17, 15) is 9.18 Å². The Morgan fingerprint density at radius 3 is 2.75 bits per heavy atom. The van der Waals surface area contributed by atoms with Crippen LogP contribution in [0.15, 0.2) is 22.7 Å². The fraction of sp³-hybridized carbons (Fsp3) is 0.364. The van der Waals surface area contributed by atoms with Crippen LogP contribution in [-0.2, 0) is 0 Å². The van der Waals surface area contributed by atoms with Gasteiger partial charge in [0, 0.05) is 21.4 Å². The first-order valence-electron chi connectivity index (χ1n) is 4.87. The van der Waals surface area contributed by atoms with Gasteiger partial charge in [0.05, 0.1) is 0 Å². The molecule has 1 atom stereocenters. The summed E-state index contributed by atoms with van der Waals surface area (Å²) in [4.78, 5) is 12.0. The largest absolute Gasteiger partial charge is 0.352 e. The maximum atomic E-state index is 13.0. The van der Waals surface area contributed by atoms with Crippen LogP contribution in [0.5, 0.6) is 0 Å². The minimum absolute atomic E-state index is 0.256. The van der Waals surface area contributed by atoms with E-state index in [2.05, 4.69) is 37.2 Å². The molecular formula is C11H12Br2FNO. The second-order valence-electron chi connectivity index (χ2n) is 3.48. The summed E-state index contributed by atoms with van der Waals surface area (Å²) in [7, 11) is 0. The molecule has 5 heteroatoms. The number of rotatable bonds is 4. The predicted octanol–water partition coefficient (Wildman–Crippen LogP) is 3.49. The quantitative estimate of drug-likeness (QED) is 0.825. The lowest BCUT2D eigenvalue weighted by Crippen LogP contribution is -2.25. The zero-order valence-corrected chi connectivity index (χ0v) is 11.9. The van der Waals surface area contributed by atoms with Gasteiger partial charge in [0.25, 0.3) is 5.91 Å². The van der Waals surface area contributed by atoms with Crippen molar-refractivity contribution in [1.82, 2.24) is 5.32 Å². The molecule has 0 aliphatic carbocycles. The first-order chi connectivity index (χ1) is 7.49. The number of halogens is 3. The predicted molar refractivity (Wildman–Crippen MR) is 69.4 cm³/mol. The summed E-state index contributed by atoms with van der Waals surface area (Å²) in [6.45, 7) is 2.57. The third-order valence-corrected chi connectivity index (χ3v) is 2.87. The molecule has 0 radical (unpaired) electrons. The number of nitrogens with one attached hydrogen (secondary N) is 1. The van der Waals surface area contributed by atoms with Crippen LogP contribution in [-0.4, -0.2) is 17.3 Å². The second kappa shape index (κ2) is 6.35. The lowest BCUT2D eigenvalue weighted by Gasteiger charge is -2.06. The van der Waals surface area contributed by atoms with Gasteiger partial charge in [-0.15, -0.1) is 0 Å². The molecule has 1 rings (SSSR count). The minimum atomic E-state index is -0.423. The van der Waals surface area contributed by atoms with Gasteiger partial charge in [-0.2, -0.15) is 0 Å². The van der Waals surface area contributed by atoms with E-state index in [1.807, 2.05) is 6.92 Å². The Kier molecular flexibility index (Phi) is 5.41. The van der Waals surface area contributed by atoms with Crippen LogP contribution >= 0.6 is 31.9 Å². The van der Waals surface area contributed by atoms with Crippen molar-refractivity contribution >= 4 is 37.8 Å². The van der Waals surface area contributed by atoms with Crippen LogP contribution in [0.2, 0.25) is 0 Å². The van der Waals surface area contributed by atoms with E-state index in [1.165, 1.54) is 12.1 Å². The van der Waals surface area contributed by atoms with E-state index in [-0.39, 0.29) is 5.91 Å². The highest BCUT2D eigenvalue weighted by atomic mass is 79.9. The Morgan fingerprint density at radius 1 is 1.50 bits per heavy atom. The number of benzene rings is 1. The average Bonchev–Trinajstić information content (AvgIpc) is 2.15. The molecule has 88 valence electrons. The van der Waals surface area contributed by atoms with Gasteiger partial charge < -0.3 is 5.32 Å². The Bertz CT molecular complexity index is 362. The van der Waals surface area contributed by atoms with Gasteiger partial charge in [0.15, 0.2) is 0 Å². The maximum Gasteiger partial charge on any atom is 0.251 e. The summed E-state index contributed by atoms with van der Waals surface area (Å²) in [6, 6.07) is 4.13. The summed E-state index contributed by atoms with van der Waals surface area (Å²) in [5, 5.41) is 2.73. The van der Waals surface area contributed by atoms with Crippen molar-refractivity contribution < 1.29 is 9.18 Å². The first kappa shape index (κ1) is 13.6.